The lowest BCUT2D eigenvalue weighted by Gasteiger charge is -2.39. The Labute approximate surface area is 236 Å². The van der Waals surface area contributed by atoms with Gasteiger partial charge >= 0.3 is 5.97 Å². The van der Waals surface area contributed by atoms with Gasteiger partial charge in [0.15, 0.2) is 0 Å². The first kappa shape index (κ1) is 28.6. The third-order valence-corrected chi connectivity index (χ3v) is 8.35. The van der Waals surface area contributed by atoms with Crippen molar-refractivity contribution in [3.05, 3.63) is 144 Å². The van der Waals surface area contributed by atoms with Crippen molar-refractivity contribution < 1.29 is 14.6 Å². The van der Waals surface area contributed by atoms with Gasteiger partial charge in [0.25, 0.3) is 0 Å². The van der Waals surface area contributed by atoms with E-state index in [-0.39, 0.29) is 11.9 Å². The summed E-state index contributed by atoms with van der Waals surface area (Å²) in [6.45, 7) is 6.34. The predicted molar refractivity (Wildman–Crippen MR) is 161 cm³/mol. The third-order valence-electron chi connectivity index (χ3n) is 6.56. The smallest absolute Gasteiger partial charge is 0.323 e. The van der Waals surface area contributed by atoms with E-state index in [9.17, 15) is 9.90 Å². The number of nitrogens with one attached hydrogen (secondary N) is 1. The highest BCUT2D eigenvalue weighted by atomic mass is 32.2. The van der Waals surface area contributed by atoms with E-state index in [0.29, 0.717) is 6.54 Å². The molecule has 4 nitrogen and oxygen atoms in total. The topological polar surface area (TPSA) is 58.6 Å². The molecule has 0 radical (unpaired) electrons. The number of thioether (sulfide) groups is 1. The zero-order valence-electron chi connectivity index (χ0n) is 22.8. The van der Waals surface area contributed by atoms with E-state index in [1.807, 2.05) is 68.9 Å². The summed E-state index contributed by atoms with van der Waals surface area (Å²) in [4.78, 5) is 12.2. The molecule has 4 aromatic carbocycles. The lowest BCUT2D eigenvalue weighted by Crippen LogP contribution is -2.44. The van der Waals surface area contributed by atoms with Crippen LogP contribution in [-0.2, 0) is 14.3 Å². The van der Waals surface area contributed by atoms with Gasteiger partial charge in [-0.1, -0.05) is 121 Å². The van der Waals surface area contributed by atoms with Gasteiger partial charge in [-0.15, -0.1) is 11.8 Å². The molecule has 0 aliphatic rings. The van der Waals surface area contributed by atoms with Crippen molar-refractivity contribution in [2.75, 3.05) is 13.2 Å². The summed E-state index contributed by atoms with van der Waals surface area (Å²) in [5, 5.41) is 13.2. The van der Waals surface area contributed by atoms with Gasteiger partial charge in [-0.3, -0.25) is 4.79 Å². The molecule has 1 unspecified atom stereocenters. The SMILES string of the molecule is CC(C)(C)OC[C@H](NCC(SC(c1ccccc1)(c1ccccc1)c1ccccc1)c1ccccc1)C(=O)O. The van der Waals surface area contributed by atoms with Gasteiger partial charge in [0.1, 0.15) is 6.04 Å². The van der Waals surface area contributed by atoms with Crippen molar-refractivity contribution in [2.24, 2.45) is 0 Å². The van der Waals surface area contributed by atoms with Crippen molar-refractivity contribution in [2.45, 2.75) is 42.4 Å². The van der Waals surface area contributed by atoms with E-state index in [2.05, 4.69) is 90.2 Å². The Morgan fingerprint density at radius 1 is 0.744 bits per heavy atom. The second kappa shape index (κ2) is 13.1. The van der Waals surface area contributed by atoms with Crippen molar-refractivity contribution >= 4 is 17.7 Å². The molecule has 0 amide bonds. The number of hydrogen-bond donors (Lipinski definition) is 2. The fraction of sp³-hybridized carbons (Fsp3) is 0.265. The molecule has 0 aliphatic heterocycles. The highest BCUT2D eigenvalue weighted by molar-refractivity contribution is 8.00. The molecule has 2 atom stereocenters. The number of carboxylic acids is 1. The molecule has 0 heterocycles. The van der Waals surface area contributed by atoms with Gasteiger partial charge in [-0.25, -0.2) is 0 Å². The van der Waals surface area contributed by atoms with E-state index < -0.39 is 22.4 Å². The van der Waals surface area contributed by atoms with E-state index in [0.717, 1.165) is 5.56 Å². The van der Waals surface area contributed by atoms with Gasteiger partial charge in [-0.05, 0) is 43.0 Å². The molecule has 0 fully saturated rings. The van der Waals surface area contributed by atoms with Gasteiger partial charge in [0.05, 0.1) is 17.0 Å². The Kier molecular flexibility index (Phi) is 9.63. The number of benzene rings is 4. The molecule has 0 bridgehead atoms. The summed E-state index contributed by atoms with van der Waals surface area (Å²) >= 11 is 1.83. The molecule has 4 aromatic rings. The molecule has 0 aliphatic carbocycles. The summed E-state index contributed by atoms with van der Waals surface area (Å²) in [6.07, 6.45) is 0. The second-order valence-corrected chi connectivity index (χ2v) is 11.9. The summed E-state index contributed by atoms with van der Waals surface area (Å²) in [7, 11) is 0. The highest BCUT2D eigenvalue weighted by Crippen LogP contribution is 2.53. The lowest BCUT2D eigenvalue weighted by molar-refractivity contribution is -0.142. The average molecular weight is 540 g/mol. The quantitative estimate of drug-likeness (QED) is 0.185. The summed E-state index contributed by atoms with van der Waals surface area (Å²) in [5.41, 5.74) is 4.20. The van der Waals surface area contributed by atoms with Crippen molar-refractivity contribution in [1.29, 1.82) is 0 Å². The normalized spacial score (nSPS) is 13.5. The maximum Gasteiger partial charge on any atom is 0.323 e. The van der Waals surface area contributed by atoms with Gasteiger partial charge in [0.2, 0.25) is 0 Å². The van der Waals surface area contributed by atoms with Crippen LogP contribution in [0.5, 0.6) is 0 Å². The molecular weight excluding hydrogens is 502 g/mol. The summed E-state index contributed by atoms with van der Waals surface area (Å²) in [6, 6.07) is 41.2. The second-order valence-electron chi connectivity index (χ2n) is 10.5. The van der Waals surface area contributed by atoms with Crippen LogP contribution in [0.25, 0.3) is 0 Å². The molecule has 0 saturated heterocycles. The number of aliphatic carboxylic acids is 1. The summed E-state index contributed by atoms with van der Waals surface area (Å²) < 4.78 is 5.31. The molecule has 0 aromatic heterocycles. The highest BCUT2D eigenvalue weighted by Gasteiger charge is 2.40. The first-order valence-electron chi connectivity index (χ1n) is 13.3. The van der Waals surface area contributed by atoms with Crippen LogP contribution in [-0.4, -0.2) is 35.9 Å². The number of carboxylic acid groups (broad SMARTS) is 1. The van der Waals surface area contributed by atoms with E-state index in [1.54, 1.807) is 0 Å². The van der Waals surface area contributed by atoms with Crippen LogP contribution >= 0.6 is 11.8 Å². The van der Waals surface area contributed by atoms with Crippen molar-refractivity contribution in [3.63, 3.8) is 0 Å². The minimum absolute atomic E-state index is 0.0664. The molecule has 202 valence electrons. The zero-order valence-corrected chi connectivity index (χ0v) is 23.6. The monoisotopic (exact) mass is 539 g/mol. The molecular formula is C34H37NO3S. The average Bonchev–Trinajstić information content (AvgIpc) is 2.96. The third kappa shape index (κ3) is 7.39. The van der Waals surface area contributed by atoms with Crippen LogP contribution in [0.3, 0.4) is 0 Å². The van der Waals surface area contributed by atoms with Crippen LogP contribution in [0, 0.1) is 0 Å². The minimum Gasteiger partial charge on any atom is -0.480 e. The molecule has 2 N–H and O–H groups in total. The number of carbonyl (C=O) groups is 1. The Morgan fingerprint density at radius 3 is 1.54 bits per heavy atom. The number of rotatable bonds is 12. The van der Waals surface area contributed by atoms with E-state index in [1.165, 1.54) is 16.7 Å². The molecule has 0 spiro atoms. The van der Waals surface area contributed by atoms with Gasteiger partial charge in [-0.2, -0.15) is 0 Å². The number of ether oxygens (including phenoxy) is 1. The first-order valence-corrected chi connectivity index (χ1v) is 14.2. The van der Waals surface area contributed by atoms with E-state index in [4.69, 9.17) is 4.74 Å². The Morgan fingerprint density at radius 2 is 1.15 bits per heavy atom. The van der Waals surface area contributed by atoms with Crippen molar-refractivity contribution in [3.8, 4) is 0 Å². The zero-order chi connectivity index (χ0) is 27.7. The summed E-state index contributed by atoms with van der Waals surface area (Å²) in [5.74, 6) is -0.920. The van der Waals surface area contributed by atoms with Crippen molar-refractivity contribution in [1.82, 2.24) is 5.32 Å². The van der Waals surface area contributed by atoms with Crippen LogP contribution in [0.4, 0.5) is 0 Å². The lowest BCUT2D eigenvalue weighted by atomic mass is 9.84. The first-order chi connectivity index (χ1) is 18.8. The standard InChI is InChI=1S/C34H37NO3S/c1-33(2,3)38-25-30(32(36)37)35-24-31(26-16-8-4-9-17-26)39-34(27-18-10-5-11-19-27,28-20-12-6-13-21-28)29-22-14-7-15-23-29/h4-23,30-31,35H,24-25H2,1-3H3,(H,36,37)/t30-,31?/m0/s1. The predicted octanol–water partition coefficient (Wildman–Crippen LogP) is 7.31. The van der Waals surface area contributed by atoms with Crippen LogP contribution in [0.1, 0.15) is 48.3 Å². The minimum atomic E-state index is -0.920. The van der Waals surface area contributed by atoms with Crippen LogP contribution in [0.2, 0.25) is 0 Å². The maximum atomic E-state index is 12.2. The van der Waals surface area contributed by atoms with E-state index >= 15 is 0 Å². The molecule has 39 heavy (non-hydrogen) atoms. The van der Waals surface area contributed by atoms with Crippen LogP contribution < -0.4 is 5.32 Å². The molecule has 5 heteroatoms. The number of hydrogen-bond acceptors (Lipinski definition) is 4. The maximum absolute atomic E-state index is 12.2. The largest absolute Gasteiger partial charge is 0.480 e. The van der Waals surface area contributed by atoms with Gasteiger partial charge in [0, 0.05) is 11.8 Å². The molecule has 4 rings (SSSR count). The Hall–Kier alpha value is -3.38. The van der Waals surface area contributed by atoms with Crippen LogP contribution in [0.15, 0.2) is 121 Å². The Bertz CT molecular complexity index is 1200. The Balaban J connectivity index is 1.79. The molecule has 0 saturated carbocycles. The van der Waals surface area contributed by atoms with Gasteiger partial charge < -0.3 is 15.2 Å². The fourth-order valence-electron chi connectivity index (χ4n) is 4.63. The fourth-order valence-corrected chi connectivity index (χ4v) is 6.35.